The first kappa shape index (κ1) is 34.5. The van der Waals surface area contributed by atoms with Crippen LogP contribution in [0.15, 0.2) is 41.5 Å². The van der Waals surface area contributed by atoms with Crippen LogP contribution in [0.1, 0.15) is 22.9 Å². The lowest BCUT2D eigenvalue weighted by atomic mass is 10.2. The highest BCUT2D eigenvalue weighted by Gasteiger charge is 2.40. The van der Waals surface area contributed by atoms with E-state index in [1.807, 2.05) is 0 Å². The topological polar surface area (TPSA) is 116 Å². The Hall–Kier alpha value is -3.42. The van der Waals surface area contributed by atoms with Gasteiger partial charge in [-0.15, -0.1) is 0 Å². The van der Waals surface area contributed by atoms with Crippen molar-refractivity contribution in [3.63, 3.8) is 0 Å². The van der Waals surface area contributed by atoms with Crippen LogP contribution >= 0.6 is 11.3 Å². The molecule has 4 rings (SSSR count). The number of nitrogens with zero attached hydrogens (tertiary/aromatic N) is 5. The molecule has 0 amide bonds. The molecule has 1 aliphatic heterocycles. The summed E-state index contributed by atoms with van der Waals surface area (Å²) in [5.74, 6) is -0.694. The van der Waals surface area contributed by atoms with Crippen LogP contribution in [0, 0.1) is 0 Å². The molecular formula is C26H29F6N5O6S2. The molecule has 3 aromatic rings. The van der Waals surface area contributed by atoms with E-state index in [0.29, 0.717) is 27.3 Å². The summed E-state index contributed by atoms with van der Waals surface area (Å²) >= 11 is 0.481. The largest absolute Gasteiger partial charge is 0.497 e. The third-order valence-electron chi connectivity index (χ3n) is 6.63. The first-order valence-electron chi connectivity index (χ1n) is 13.4. The van der Waals surface area contributed by atoms with E-state index in [9.17, 15) is 39.6 Å². The molecular weight excluding hydrogens is 656 g/mol. The average molecular weight is 686 g/mol. The molecule has 11 nitrogen and oxygen atoms in total. The first-order chi connectivity index (χ1) is 21.1. The quantitative estimate of drug-likeness (QED) is 0.208. The van der Waals surface area contributed by atoms with Crippen molar-refractivity contribution in [3.8, 4) is 11.5 Å². The minimum absolute atomic E-state index is 0.0278. The number of benzene rings is 1. The molecule has 2 aromatic heterocycles. The van der Waals surface area contributed by atoms with Crippen molar-refractivity contribution in [2.45, 2.75) is 31.9 Å². The van der Waals surface area contributed by atoms with E-state index < -0.39 is 56.0 Å². The predicted molar refractivity (Wildman–Crippen MR) is 151 cm³/mol. The van der Waals surface area contributed by atoms with Crippen LogP contribution in [0.5, 0.6) is 11.5 Å². The lowest BCUT2D eigenvalue weighted by molar-refractivity contribution is -0.141. The molecule has 45 heavy (non-hydrogen) atoms. The number of sulfonamides is 1. The molecule has 1 atom stereocenters. The van der Waals surface area contributed by atoms with Gasteiger partial charge in [0.2, 0.25) is 10.0 Å². The normalized spacial score (nSPS) is 15.7. The van der Waals surface area contributed by atoms with Crippen molar-refractivity contribution in [3.05, 3.63) is 63.0 Å². The Kier molecular flexibility index (Phi) is 10.7. The number of halogens is 6. The van der Waals surface area contributed by atoms with Crippen LogP contribution in [0.25, 0.3) is 0 Å². The summed E-state index contributed by atoms with van der Waals surface area (Å²) in [7, 11) is -2.34. The fourth-order valence-electron chi connectivity index (χ4n) is 4.33. The van der Waals surface area contributed by atoms with Crippen molar-refractivity contribution < 1.29 is 49.0 Å². The number of rotatable bonds is 12. The smallest absolute Gasteiger partial charge is 0.427 e. The van der Waals surface area contributed by atoms with Crippen molar-refractivity contribution in [2.75, 3.05) is 57.2 Å². The summed E-state index contributed by atoms with van der Waals surface area (Å²) < 4.78 is 123. The van der Waals surface area contributed by atoms with Gasteiger partial charge in [0.1, 0.15) is 16.7 Å². The van der Waals surface area contributed by atoms with Crippen molar-refractivity contribution in [1.82, 2.24) is 19.1 Å². The lowest BCUT2D eigenvalue weighted by Crippen LogP contribution is -2.49. The van der Waals surface area contributed by atoms with Crippen LogP contribution in [0.2, 0.25) is 0 Å². The van der Waals surface area contributed by atoms with Crippen LogP contribution in [-0.2, 0) is 33.7 Å². The van der Waals surface area contributed by atoms with Crippen LogP contribution in [0.4, 0.5) is 31.5 Å². The van der Waals surface area contributed by atoms with Gasteiger partial charge in [-0.2, -0.15) is 35.7 Å². The Labute approximate surface area is 258 Å². The molecule has 248 valence electrons. The number of anilines is 1. The first-order valence-corrected chi connectivity index (χ1v) is 15.8. The highest BCUT2D eigenvalue weighted by atomic mass is 32.2. The Bertz CT molecular complexity index is 1600. The fraction of sp³-hybridized carbons (Fsp3) is 0.500. The second-order valence-corrected chi connectivity index (χ2v) is 13.0. The molecule has 0 spiro atoms. The van der Waals surface area contributed by atoms with Crippen molar-refractivity contribution in [1.29, 1.82) is 0 Å². The number of alkyl halides is 6. The van der Waals surface area contributed by atoms with Gasteiger partial charge in [0.25, 0.3) is 5.56 Å². The number of aromatic nitrogens is 3. The van der Waals surface area contributed by atoms with Gasteiger partial charge in [-0.1, -0.05) is 23.5 Å². The highest BCUT2D eigenvalue weighted by Crippen LogP contribution is 2.37. The number of methoxy groups -OCH3 is 1. The minimum Gasteiger partial charge on any atom is -0.497 e. The molecule has 0 saturated carbocycles. The molecule has 1 aliphatic rings. The van der Waals surface area contributed by atoms with Gasteiger partial charge in [-0.25, -0.2) is 18.1 Å². The zero-order valence-electron chi connectivity index (χ0n) is 24.0. The number of hydrogen-bond donors (Lipinski definition) is 0. The summed E-state index contributed by atoms with van der Waals surface area (Å²) in [6.45, 7) is 0.916. The van der Waals surface area contributed by atoms with E-state index in [1.165, 1.54) is 18.3 Å². The van der Waals surface area contributed by atoms with Gasteiger partial charge < -0.3 is 19.1 Å². The molecule has 1 saturated heterocycles. The Morgan fingerprint density at radius 3 is 2.24 bits per heavy atom. The summed E-state index contributed by atoms with van der Waals surface area (Å²) in [6, 6.07) is 6.36. The summed E-state index contributed by atoms with van der Waals surface area (Å²) in [5.41, 5.74) is -2.41. The molecule has 0 N–H and O–H groups in total. The maximum atomic E-state index is 13.9. The second kappa shape index (κ2) is 13.9. The van der Waals surface area contributed by atoms with Crippen LogP contribution in [0.3, 0.4) is 0 Å². The number of piperazine rings is 1. The second-order valence-electron chi connectivity index (χ2n) is 9.90. The monoisotopic (exact) mass is 685 g/mol. The number of ether oxygens (including phenoxy) is 3. The molecule has 3 heterocycles. The van der Waals surface area contributed by atoms with Gasteiger partial charge in [0.05, 0.1) is 45.0 Å². The van der Waals surface area contributed by atoms with Crippen molar-refractivity contribution in [2.24, 2.45) is 0 Å². The summed E-state index contributed by atoms with van der Waals surface area (Å²) in [4.78, 5) is 17.2. The molecule has 0 radical (unpaired) electrons. The van der Waals surface area contributed by atoms with Gasteiger partial charge >= 0.3 is 12.4 Å². The van der Waals surface area contributed by atoms with Crippen molar-refractivity contribution >= 4 is 26.5 Å². The number of hydrogen-bond acceptors (Lipinski definition) is 10. The van der Waals surface area contributed by atoms with Crippen LogP contribution < -0.4 is 19.9 Å². The Morgan fingerprint density at radius 1 is 1.00 bits per heavy atom. The maximum Gasteiger partial charge on any atom is 0.427 e. The van der Waals surface area contributed by atoms with E-state index in [4.69, 9.17) is 14.2 Å². The molecule has 19 heteroatoms. The highest BCUT2D eigenvalue weighted by molar-refractivity contribution is 7.89. The van der Waals surface area contributed by atoms with Gasteiger partial charge in [-0.05, 0) is 24.6 Å². The molecule has 1 fully saturated rings. The van der Waals surface area contributed by atoms with Gasteiger partial charge in [-0.3, -0.25) is 4.79 Å². The summed E-state index contributed by atoms with van der Waals surface area (Å²) in [6.07, 6.45) is -9.03. The third kappa shape index (κ3) is 8.86. The van der Waals surface area contributed by atoms with Crippen LogP contribution in [-0.4, -0.2) is 85.8 Å². The minimum atomic E-state index is -5.05. The van der Waals surface area contributed by atoms with E-state index in [0.717, 1.165) is 12.4 Å². The zero-order chi connectivity index (χ0) is 33.0. The third-order valence-corrected chi connectivity index (χ3v) is 9.56. The van der Waals surface area contributed by atoms with E-state index >= 15 is 0 Å². The van der Waals surface area contributed by atoms with E-state index in [-0.39, 0.29) is 51.1 Å². The molecule has 0 bridgehead atoms. The average Bonchev–Trinajstić information content (AvgIpc) is 3.48. The van der Waals surface area contributed by atoms with E-state index in [2.05, 4.69) is 10.1 Å². The SMILES string of the molecule is COc1ccc(Cn2ncc(OC(C)COCCS(=O)(=O)N3CCN(c4ncc(C(F)(F)F)s4)CC3)c(C(F)(F)F)c2=O)cc1. The lowest BCUT2D eigenvalue weighted by Gasteiger charge is -2.33. The van der Waals surface area contributed by atoms with E-state index in [1.54, 1.807) is 29.2 Å². The predicted octanol–water partition coefficient (Wildman–Crippen LogP) is 3.73. The zero-order valence-corrected chi connectivity index (χ0v) is 25.6. The van der Waals surface area contributed by atoms with Gasteiger partial charge in [0.15, 0.2) is 16.4 Å². The maximum absolute atomic E-state index is 13.9. The molecule has 1 unspecified atom stereocenters. The Balaban J connectivity index is 1.28. The fourth-order valence-corrected chi connectivity index (χ4v) is 6.47. The number of thiazole rings is 1. The molecule has 0 aliphatic carbocycles. The Morgan fingerprint density at radius 2 is 1.67 bits per heavy atom. The molecule has 1 aromatic carbocycles. The summed E-state index contributed by atoms with van der Waals surface area (Å²) in [5, 5.41) is 3.97. The standard InChI is InChI=1S/C26H29F6N5O6S2/c1-17(43-20-13-34-37(23(38)22(20)26(30,31)32)15-18-3-5-19(41-2)6-4-18)16-42-11-12-45(39,40)36-9-7-35(8-10-36)24-33-14-21(44-24)25(27,28)29/h3-6,13-14,17H,7-12,15-16H2,1-2H3. The van der Waals surface area contributed by atoms with Gasteiger partial charge in [0, 0.05) is 26.2 Å².